The molecule has 1 amide bonds. The number of amides is 1. The molecule has 0 fully saturated rings. The van der Waals surface area contributed by atoms with Gasteiger partial charge in [-0.25, -0.2) is 0 Å². The molecular weight excluding hydrogens is 428 g/mol. The Kier molecular flexibility index (Phi) is 4.79. The number of hydrogen-bond donors (Lipinski definition) is 1. The number of hydrogen-bond acceptors (Lipinski definition) is 6. The third-order valence-corrected chi connectivity index (χ3v) is 5.79. The van der Waals surface area contributed by atoms with Gasteiger partial charge in [-0.1, -0.05) is 42.1 Å². The molecule has 2 aliphatic rings. The van der Waals surface area contributed by atoms with Crippen LogP contribution in [0.2, 0.25) is 0 Å². The first kappa shape index (κ1) is 19.7. The third kappa shape index (κ3) is 3.44. The van der Waals surface area contributed by atoms with Crippen LogP contribution in [-0.2, 0) is 4.79 Å². The first-order valence-electron chi connectivity index (χ1n) is 9.52. The Balaban J connectivity index is 1.45. The number of benzene rings is 2. The van der Waals surface area contributed by atoms with E-state index >= 15 is 0 Å². The molecule has 0 unspecified atom stereocenters. The number of thioether (sulfide) groups is 1. The van der Waals surface area contributed by atoms with E-state index in [0.717, 1.165) is 11.3 Å². The van der Waals surface area contributed by atoms with Crippen molar-refractivity contribution in [1.82, 2.24) is 4.90 Å². The second-order valence-corrected chi connectivity index (χ2v) is 7.77. The molecule has 0 aliphatic carbocycles. The number of non-ortho nitro benzene ring substituents is 1. The number of aliphatic imine (C=N–C) groups is 1. The molecular formula is C23H14N4O4S. The Labute approximate surface area is 186 Å². The molecule has 8 nitrogen and oxygen atoms in total. The Morgan fingerprint density at radius 3 is 2.50 bits per heavy atom. The summed E-state index contributed by atoms with van der Waals surface area (Å²) in [6, 6.07) is 19.0. The molecule has 9 heteroatoms. The fraction of sp³-hybridized carbons (Fsp3) is 0. The minimum Gasteiger partial charge on any atom is -0.457 e. The van der Waals surface area contributed by atoms with E-state index in [2.05, 4.69) is 4.99 Å². The molecule has 0 saturated carbocycles. The molecule has 32 heavy (non-hydrogen) atoms. The monoisotopic (exact) mass is 442 g/mol. The number of carbonyl (C=O) groups excluding carboxylic acids is 1. The average Bonchev–Trinajstić information content (AvgIpc) is 3.44. The molecule has 1 N–H and O–H groups in total. The average molecular weight is 442 g/mol. The van der Waals surface area contributed by atoms with Gasteiger partial charge in [0.2, 0.25) is 0 Å². The Morgan fingerprint density at radius 1 is 1.03 bits per heavy atom. The van der Waals surface area contributed by atoms with E-state index in [1.807, 2.05) is 35.7 Å². The molecule has 2 aromatic carbocycles. The van der Waals surface area contributed by atoms with Gasteiger partial charge in [-0.05, 0) is 35.9 Å². The highest BCUT2D eigenvalue weighted by molar-refractivity contribution is 8.17. The first-order chi connectivity index (χ1) is 15.5. The van der Waals surface area contributed by atoms with E-state index in [4.69, 9.17) is 9.83 Å². The number of nitrogens with one attached hydrogen (secondary N) is 1. The van der Waals surface area contributed by atoms with Crippen molar-refractivity contribution in [2.24, 2.45) is 4.99 Å². The van der Waals surface area contributed by atoms with E-state index in [0.29, 0.717) is 22.3 Å². The fourth-order valence-corrected chi connectivity index (χ4v) is 4.28. The highest BCUT2D eigenvalue weighted by Gasteiger charge is 2.36. The largest absolute Gasteiger partial charge is 0.457 e. The lowest BCUT2D eigenvalue weighted by atomic mass is 10.1. The summed E-state index contributed by atoms with van der Waals surface area (Å²) in [6.45, 7) is 0. The molecule has 3 aromatic rings. The van der Waals surface area contributed by atoms with Gasteiger partial charge in [0, 0.05) is 23.1 Å². The maximum Gasteiger partial charge on any atom is 0.283 e. The van der Waals surface area contributed by atoms with Gasteiger partial charge in [0.05, 0.1) is 16.2 Å². The van der Waals surface area contributed by atoms with E-state index in [9.17, 15) is 14.9 Å². The fourth-order valence-electron chi connectivity index (χ4n) is 3.39. The van der Waals surface area contributed by atoms with Crippen molar-refractivity contribution in [2.75, 3.05) is 0 Å². The van der Waals surface area contributed by atoms with Gasteiger partial charge in [-0.3, -0.25) is 25.2 Å². The molecule has 0 radical (unpaired) electrons. The van der Waals surface area contributed by atoms with Crippen molar-refractivity contribution < 1.29 is 14.1 Å². The summed E-state index contributed by atoms with van der Waals surface area (Å²) in [5.41, 5.74) is 2.47. The second-order valence-electron chi connectivity index (χ2n) is 6.93. The maximum atomic E-state index is 12.6. The van der Waals surface area contributed by atoms with Crippen molar-refractivity contribution in [1.29, 1.82) is 5.41 Å². The molecule has 1 aromatic heterocycles. The summed E-state index contributed by atoms with van der Waals surface area (Å²) in [5, 5.41) is 21.8. The minimum atomic E-state index is -0.509. The molecule has 2 aliphatic heterocycles. The lowest BCUT2D eigenvalue weighted by Crippen LogP contribution is -2.37. The van der Waals surface area contributed by atoms with Crippen LogP contribution in [0.3, 0.4) is 0 Å². The van der Waals surface area contributed by atoms with Crippen molar-refractivity contribution in [2.45, 2.75) is 0 Å². The van der Waals surface area contributed by atoms with Gasteiger partial charge >= 0.3 is 0 Å². The van der Waals surface area contributed by atoms with Gasteiger partial charge in [0.1, 0.15) is 17.4 Å². The highest BCUT2D eigenvalue weighted by Crippen LogP contribution is 2.37. The molecule has 0 saturated heterocycles. The number of rotatable bonds is 4. The van der Waals surface area contributed by atoms with E-state index in [1.54, 1.807) is 29.2 Å². The SMILES string of the molecule is N=C1/C(=C/c2ccc(-c3ccc([N+](=O)[O-])cc3)o2)C(=O)N=C2SC=C(c3ccccc3)N12. The summed E-state index contributed by atoms with van der Waals surface area (Å²) < 4.78 is 5.81. The lowest BCUT2D eigenvalue weighted by Gasteiger charge is -2.26. The number of nitro groups is 1. The van der Waals surface area contributed by atoms with Crippen molar-refractivity contribution >= 4 is 46.1 Å². The summed E-state index contributed by atoms with van der Waals surface area (Å²) >= 11 is 1.30. The van der Waals surface area contributed by atoms with Crippen LogP contribution >= 0.6 is 11.8 Å². The highest BCUT2D eigenvalue weighted by atomic mass is 32.2. The number of amidine groups is 2. The topological polar surface area (TPSA) is 113 Å². The standard InChI is InChI=1S/C23H14N4O4S/c24-21-18(12-17-10-11-20(31-17)15-6-8-16(9-7-15)27(29)30)22(28)25-23-26(21)19(13-32-23)14-4-2-1-3-5-14/h1-13,24H/b18-12-,24-21?. The smallest absolute Gasteiger partial charge is 0.283 e. The predicted octanol–water partition coefficient (Wildman–Crippen LogP) is 5.16. The van der Waals surface area contributed by atoms with Crippen LogP contribution in [0.4, 0.5) is 5.69 Å². The lowest BCUT2D eigenvalue weighted by molar-refractivity contribution is -0.384. The number of nitro benzene ring substituents is 1. The number of nitrogens with zero attached hydrogens (tertiary/aromatic N) is 3. The van der Waals surface area contributed by atoms with Crippen molar-refractivity contribution in [3.05, 3.63) is 99.1 Å². The van der Waals surface area contributed by atoms with Crippen molar-refractivity contribution in [3.63, 3.8) is 0 Å². The van der Waals surface area contributed by atoms with E-state index in [-0.39, 0.29) is 17.1 Å². The molecule has 0 bridgehead atoms. The van der Waals surface area contributed by atoms with Gasteiger partial charge < -0.3 is 4.42 Å². The van der Waals surface area contributed by atoms with Gasteiger partial charge in [-0.15, -0.1) is 0 Å². The van der Waals surface area contributed by atoms with Crippen LogP contribution in [0, 0.1) is 15.5 Å². The van der Waals surface area contributed by atoms with E-state index < -0.39 is 10.8 Å². The second kappa shape index (κ2) is 7.78. The zero-order valence-corrected chi connectivity index (χ0v) is 17.2. The van der Waals surface area contributed by atoms with Gasteiger partial charge in [0.15, 0.2) is 5.17 Å². The predicted molar refractivity (Wildman–Crippen MR) is 123 cm³/mol. The summed E-state index contributed by atoms with van der Waals surface area (Å²) in [5.74, 6) is 0.382. The Bertz CT molecular complexity index is 1350. The van der Waals surface area contributed by atoms with Crippen LogP contribution in [0.1, 0.15) is 11.3 Å². The Morgan fingerprint density at radius 2 is 1.78 bits per heavy atom. The quantitative estimate of drug-likeness (QED) is 0.339. The van der Waals surface area contributed by atoms with E-state index in [1.165, 1.54) is 30.0 Å². The van der Waals surface area contributed by atoms with Crippen molar-refractivity contribution in [3.8, 4) is 11.3 Å². The van der Waals surface area contributed by atoms with Crippen LogP contribution < -0.4 is 0 Å². The summed E-state index contributed by atoms with van der Waals surface area (Å²) in [4.78, 5) is 28.8. The maximum absolute atomic E-state index is 12.6. The number of fused-ring (bicyclic) bond motifs is 1. The summed E-state index contributed by atoms with van der Waals surface area (Å²) in [6.07, 6.45) is 1.49. The zero-order valence-electron chi connectivity index (χ0n) is 16.4. The normalized spacial score (nSPS) is 16.8. The van der Waals surface area contributed by atoms with Crippen LogP contribution in [0.25, 0.3) is 23.1 Å². The first-order valence-corrected chi connectivity index (χ1v) is 10.4. The molecule has 3 heterocycles. The Hall–Kier alpha value is -4.24. The van der Waals surface area contributed by atoms with Crippen LogP contribution in [0.5, 0.6) is 0 Å². The molecule has 0 spiro atoms. The number of furan rings is 1. The van der Waals surface area contributed by atoms with Crippen LogP contribution in [0.15, 0.2) is 87.1 Å². The minimum absolute atomic E-state index is 0.0108. The van der Waals surface area contributed by atoms with Gasteiger partial charge in [-0.2, -0.15) is 4.99 Å². The molecule has 5 rings (SSSR count). The van der Waals surface area contributed by atoms with Gasteiger partial charge in [0.25, 0.3) is 11.6 Å². The zero-order chi connectivity index (χ0) is 22.2. The number of carbonyl (C=O) groups is 1. The molecule has 0 atom stereocenters. The molecule has 156 valence electrons. The summed E-state index contributed by atoms with van der Waals surface area (Å²) in [7, 11) is 0. The van der Waals surface area contributed by atoms with Crippen LogP contribution in [-0.4, -0.2) is 26.7 Å². The third-order valence-electron chi connectivity index (χ3n) is 4.96.